The maximum absolute atomic E-state index is 6.00. The Hall–Kier alpha value is -4.07. The molecule has 0 aliphatic carbocycles. The van der Waals surface area contributed by atoms with Gasteiger partial charge in [-0.05, 0) is 42.5 Å². The molecule has 0 atom stereocenters. The summed E-state index contributed by atoms with van der Waals surface area (Å²) in [5, 5.41) is 13.8. The molecule has 0 aliphatic heterocycles. The van der Waals surface area contributed by atoms with Crippen LogP contribution in [0.1, 0.15) is 5.82 Å². The number of methoxy groups -OCH3 is 1. The molecule has 0 saturated carbocycles. The number of para-hydroxylation sites is 1. The van der Waals surface area contributed by atoms with Crippen molar-refractivity contribution in [1.82, 2.24) is 29.8 Å². The largest absolute Gasteiger partial charge is 0.497 e. The highest BCUT2D eigenvalue weighted by Crippen LogP contribution is 2.24. The highest BCUT2D eigenvalue weighted by Gasteiger charge is 2.12. The van der Waals surface area contributed by atoms with Crippen LogP contribution >= 0.6 is 0 Å². The van der Waals surface area contributed by atoms with Crippen LogP contribution in [0.2, 0.25) is 0 Å². The molecule has 0 aliphatic rings. The number of benzene rings is 2. The van der Waals surface area contributed by atoms with E-state index < -0.39 is 0 Å². The topological polar surface area (TPSA) is 87.3 Å². The minimum atomic E-state index is 0.204. The van der Waals surface area contributed by atoms with Crippen LogP contribution in [0, 0.1) is 0 Å². The minimum absolute atomic E-state index is 0.204. The van der Waals surface area contributed by atoms with Gasteiger partial charge in [0, 0.05) is 17.1 Å². The Morgan fingerprint density at radius 1 is 0.931 bits per heavy atom. The van der Waals surface area contributed by atoms with E-state index in [1.165, 1.54) is 0 Å². The molecule has 3 aromatic heterocycles. The molecule has 3 heterocycles. The summed E-state index contributed by atoms with van der Waals surface area (Å²) < 4.78 is 12.8. The Labute approximate surface area is 165 Å². The molecule has 29 heavy (non-hydrogen) atoms. The molecule has 2 aromatic carbocycles. The predicted molar refractivity (Wildman–Crippen MR) is 107 cm³/mol. The van der Waals surface area contributed by atoms with E-state index in [2.05, 4.69) is 25.3 Å². The quantitative estimate of drug-likeness (QED) is 0.459. The Morgan fingerprint density at radius 3 is 2.66 bits per heavy atom. The van der Waals surface area contributed by atoms with E-state index in [9.17, 15) is 0 Å². The van der Waals surface area contributed by atoms with Crippen molar-refractivity contribution in [3.63, 3.8) is 0 Å². The highest BCUT2D eigenvalue weighted by molar-refractivity contribution is 5.84. The summed E-state index contributed by atoms with van der Waals surface area (Å²) in [7, 11) is 1.64. The molecule has 0 unspecified atom stereocenters. The van der Waals surface area contributed by atoms with Crippen molar-refractivity contribution < 1.29 is 9.47 Å². The van der Waals surface area contributed by atoms with Crippen LogP contribution in [-0.2, 0) is 6.61 Å². The van der Waals surface area contributed by atoms with Gasteiger partial charge in [0.05, 0.1) is 18.8 Å². The van der Waals surface area contributed by atoms with Crippen molar-refractivity contribution in [2.75, 3.05) is 7.11 Å². The van der Waals surface area contributed by atoms with Crippen LogP contribution in [0.4, 0.5) is 0 Å². The van der Waals surface area contributed by atoms with Gasteiger partial charge in [0.1, 0.15) is 23.8 Å². The zero-order valence-electron chi connectivity index (χ0n) is 15.6. The summed E-state index contributed by atoms with van der Waals surface area (Å²) in [6.07, 6.45) is 3.40. The predicted octanol–water partition coefficient (Wildman–Crippen LogP) is 3.32. The van der Waals surface area contributed by atoms with Crippen LogP contribution < -0.4 is 9.47 Å². The molecule has 0 spiro atoms. The molecule has 0 fully saturated rings. The summed E-state index contributed by atoms with van der Waals surface area (Å²) in [6.45, 7) is 0.204. The average Bonchev–Trinajstić information content (AvgIpc) is 3.20. The van der Waals surface area contributed by atoms with Crippen LogP contribution in [-0.4, -0.2) is 36.9 Å². The standard InChI is InChI=1S/C21H16N6O2/c1-28-15-8-6-14(7-9-15)18-12-23-21-25-24-20(27(21)26-18)13-29-19-10-11-22-17-5-3-2-4-16(17)19/h2-12H,13H2,1H3. The lowest BCUT2D eigenvalue weighted by Crippen LogP contribution is -2.06. The number of nitrogens with zero attached hydrogens (tertiary/aromatic N) is 6. The first kappa shape index (κ1) is 17.1. The summed E-state index contributed by atoms with van der Waals surface area (Å²) in [5.41, 5.74) is 2.49. The van der Waals surface area contributed by atoms with Gasteiger partial charge < -0.3 is 9.47 Å². The second kappa shape index (κ2) is 7.16. The summed E-state index contributed by atoms with van der Waals surface area (Å²) >= 11 is 0. The van der Waals surface area contributed by atoms with Crippen molar-refractivity contribution in [2.45, 2.75) is 6.61 Å². The van der Waals surface area contributed by atoms with Crippen LogP contribution in [0.5, 0.6) is 11.5 Å². The van der Waals surface area contributed by atoms with Gasteiger partial charge in [-0.15, -0.1) is 10.2 Å². The van der Waals surface area contributed by atoms with Gasteiger partial charge in [0.25, 0.3) is 5.78 Å². The lowest BCUT2D eigenvalue weighted by molar-refractivity contribution is 0.296. The normalized spacial score (nSPS) is 11.1. The third-order valence-corrected chi connectivity index (χ3v) is 4.55. The molecule has 8 heteroatoms. The van der Waals surface area contributed by atoms with E-state index in [-0.39, 0.29) is 6.61 Å². The summed E-state index contributed by atoms with van der Waals surface area (Å²) in [4.78, 5) is 8.71. The van der Waals surface area contributed by atoms with Crippen molar-refractivity contribution in [2.24, 2.45) is 0 Å². The average molecular weight is 384 g/mol. The van der Waals surface area contributed by atoms with Crippen LogP contribution in [0.3, 0.4) is 0 Å². The molecule has 5 rings (SSSR count). The number of aromatic nitrogens is 6. The van der Waals surface area contributed by atoms with E-state index in [1.807, 2.05) is 54.6 Å². The third kappa shape index (κ3) is 3.20. The van der Waals surface area contributed by atoms with Crippen molar-refractivity contribution in [3.05, 3.63) is 72.8 Å². The molecule has 0 radical (unpaired) electrons. The number of fused-ring (bicyclic) bond motifs is 2. The highest BCUT2D eigenvalue weighted by atomic mass is 16.5. The van der Waals surface area contributed by atoms with Gasteiger partial charge in [-0.3, -0.25) is 4.98 Å². The van der Waals surface area contributed by atoms with Gasteiger partial charge in [-0.1, -0.05) is 12.1 Å². The Morgan fingerprint density at radius 2 is 1.79 bits per heavy atom. The van der Waals surface area contributed by atoms with E-state index in [4.69, 9.17) is 9.47 Å². The molecule has 5 aromatic rings. The first-order chi connectivity index (χ1) is 14.3. The fourth-order valence-electron chi connectivity index (χ4n) is 3.06. The van der Waals surface area contributed by atoms with Crippen LogP contribution in [0.25, 0.3) is 27.9 Å². The molecular weight excluding hydrogens is 368 g/mol. The second-order valence-electron chi connectivity index (χ2n) is 6.31. The molecular formula is C21H16N6O2. The number of rotatable bonds is 5. The number of hydrogen-bond acceptors (Lipinski definition) is 7. The Kier molecular flexibility index (Phi) is 4.21. The lowest BCUT2D eigenvalue weighted by atomic mass is 10.1. The number of pyridine rings is 1. The number of hydrogen-bond donors (Lipinski definition) is 0. The van der Waals surface area contributed by atoms with E-state index in [1.54, 1.807) is 24.0 Å². The number of ether oxygens (including phenoxy) is 2. The fraction of sp³-hybridized carbons (Fsp3) is 0.0952. The first-order valence-corrected chi connectivity index (χ1v) is 9.00. The van der Waals surface area contributed by atoms with Gasteiger partial charge in [0.2, 0.25) is 0 Å². The molecule has 142 valence electrons. The Bertz CT molecular complexity index is 1290. The monoisotopic (exact) mass is 384 g/mol. The first-order valence-electron chi connectivity index (χ1n) is 9.00. The van der Waals surface area contributed by atoms with E-state index >= 15 is 0 Å². The zero-order chi connectivity index (χ0) is 19.6. The van der Waals surface area contributed by atoms with Gasteiger partial charge in [-0.2, -0.15) is 9.61 Å². The van der Waals surface area contributed by atoms with E-state index in [0.717, 1.165) is 28.0 Å². The molecule has 0 amide bonds. The SMILES string of the molecule is COc1ccc(-c2cnc3nnc(COc4ccnc5ccccc45)n3n2)cc1. The van der Waals surface area contributed by atoms with Gasteiger partial charge >= 0.3 is 0 Å². The molecule has 0 bridgehead atoms. The molecule has 8 nitrogen and oxygen atoms in total. The lowest BCUT2D eigenvalue weighted by Gasteiger charge is -2.08. The second-order valence-corrected chi connectivity index (χ2v) is 6.31. The van der Waals surface area contributed by atoms with Crippen molar-refractivity contribution in [1.29, 1.82) is 0 Å². The van der Waals surface area contributed by atoms with Gasteiger partial charge in [-0.25, -0.2) is 4.98 Å². The fourth-order valence-corrected chi connectivity index (χ4v) is 3.06. The maximum Gasteiger partial charge on any atom is 0.272 e. The van der Waals surface area contributed by atoms with Crippen LogP contribution in [0.15, 0.2) is 67.0 Å². The van der Waals surface area contributed by atoms with Crippen molar-refractivity contribution >= 4 is 16.7 Å². The summed E-state index contributed by atoms with van der Waals surface area (Å²) in [6, 6.07) is 17.3. The third-order valence-electron chi connectivity index (χ3n) is 4.55. The minimum Gasteiger partial charge on any atom is -0.497 e. The maximum atomic E-state index is 6.00. The Balaban J connectivity index is 1.45. The molecule has 0 saturated heterocycles. The zero-order valence-corrected chi connectivity index (χ0v) is 15.6. The molecule has 0 N–H and O–H groups in total. The van der Waals surface area contributed by atoms with Gasteiger partial charge in [0.15, 0.2) is 5.82 Å². The van der Waals surface area contributed by atoms with Crippen molar-refractivity contribution in [3.8, 4) is 22.8 Å². The summed E-state index contributed by atoms with van der Waals surface area (Å²) in [5.74, 6) is 2.49. The van der Waals surface area contributed by atoms with E-state index in [0.29, 0.717) is 17.3 Å². The smallest absolute Gasteiger partial charge is 0.272 e.